The van der Waals surface area contributed by atoms with Crippen LogP contribution < -0.4 is 11.1 Å². The van der Waals surface area contributed by atoms with Gasteiger partial charge in [-0.1, -0.05) is 55.2 Å². The lowest BCUT2D eigenvalue weighted by molar-refractivity contribution is -0.122. The second-order valence-electron chi connectivity index (χ2n) is 8.36. The van der Waals surface area contributed by atoms with Crippen molar-refractivity contribution in [1.82, 2.24) is 4.90 Å². The van der Waals surface area contributed by atoms with Crippen LogP contribution in [0, 0.1) is 0 Å². The van der Waals surface area contributed by atoms with E-state index >= 15 is 0 Å². The lowest BCUT2D eigenvalue weighted by Gasteiger charge is -2.14. The molecule has 1 aliphatic carbocycles. The van der Waals surface area contributed by atoms with Gasteiger partial charge in [0.05, 0.1) is 10.5 Å². The number of aryl methyl sites for hydroxylation is 2. The molecule has 1 aromatic heterocycles. The SMILES string of the molecule is CCc1ccc(C=C2SC(=S)N(CCCC(=O)Nc3sc4c(c3C(N)=O)CCCC4)C2=O)cc1. The smallest absolute Gasteiger partial charge is 0.266 e. The summed E-state index contributed by atoms with van der Waals surface area (Å²) >= 11 is 8.15. The van der Waals surface area contributed by atoms with E-state index in [0.29, 0.717) is 32.8 Å². The normalized spacial score (nSPS) is 16.7. The summed E-state index contributed by atoms with van der Waals surface area (Å²) in [5.74, 6) is -0.821. The highest BCUT2D eigenvalue weighted by molar-refractivity contribution is 8.26. The zero-order chi connectivity index (χ0) is 24.2. The Morgan fingerprint density at radius 2 is 1.94 bits per heavy atom. The average Bonchev–Trinajstić information content (AvgIpc) is 3.31. The first kappa shape index (κ1) is 24.6. The summed E-state index contributed by atoms with van der Waals surface area (Å²) in [7, 11) is 0. The van der Waals surface area contributed by atoms with Crippen molar-refractivity contribution in [3.63, 3.8) is 0 Å². The first-order valence-corrected chi connectivity index (χ1v) is 13.5. The van der Waals surface area contributed by atoms with E-state index in [-0.39, 0.29) is 18.2 Å². The third-order valence-electron chi connectivity index (χ3n) is 6.02. The van der Waals surface area contributed by atoms with Gasteiger partial charge in [-0.15, -0.1) is 11.3 Å². The summed E-state index contributed by atoms with van der Waals surface area (Å²) in [6, 6.07) is 8.11. The number of hydrogen-bond acceptors (Lipinski definition) is 6. The van der Waals surface area contributed by atoms with Gasteiger partial charge in [0.2, 0.25) is 5.91 Å². The summed E-state index contributed by atoms with van der Waals surface area (Å²) < 4.78 is 0.504. The number of carbonyl (C=O) groups is 3. The highest BCUT2D eigenvalue weighted by Crippen LogP contribution is 2.38. The van der Waals surface area contributed by atoms with Crippen molar-refractivity contribution in [2.75, 3.05) is 11.9 Å². The molecule has 2 heterocycles. The van der Waals surface area contributed by atoms with E-state index in [1.807, 2.05) is 18.2 Å². The number of thiophene rings is 1. The Hall–Kier alpha value is -2.49. The third kappa shape index (κ3) is 5.42. The highest BCUT2D eigenvalue weighted by atomic mass is 32.2. The van der Waals surface area contributed by atoms with E-state index in [2.05, 4.69) is 24.4 Å². The van der Waals surface area contributed by atoms with Gasteiger partial charge in [0, 0.05) is 17.8 Å². The van der Waals surface area contributed by atoms with E-state index in [1.54, 1.807) is 4.90 Å². The van der Waals surface area contributed by atoms with E-state index < -0.39 is 5.91 Å². The Morgan fingerprint density at radius 1 is 1.21 bits per heavy atom. The number of thioether (sulfide) groups is 1. The number of thiocarbonyl (C=S) groups is 1. The van der Waals surface area contributed by atoms with Crippen molar-refractivity contribution in [3.05, 3.63) is 56.3 Å². The summed E-state index contributed by atoms with van der Waals surface area (Å²) in [5.41, 5.74) is 9.26. The van der Waals surface area contributed by atoms with Crippen molar-refractivity contribution in [2.45, 2.75) is 51.9 Å². The fourth-order valence-electron chi connectivity index (χ4n) is 4.20. The molecule has 178 valence electrons. The number of primary amides is 1. The number of nitrogens with zero attached hydrogens (tertiary/aromatic N) is 1. The minimum absolute atomic E-state index is 0.128. The maximum Gasteiger partial charge on any atom is 0.266 e. The first-order valence-electron chi connectivity index (χ1n) is 11.5. The van der Waals surface area contributed by atoms with E-state index in [1.165, 1.54) is 28.7 Å². The lowest BCUT2D eigenvalue weighted by atomic mass is 9.95. The number of rotatable bonds is 8. The first-order chi connectivity index (χ1) is 16.4. The van der Waals surface area contributed by atoms with Gasteiger partial charge >= 0.3 is 0 Å². The van der Waals surface area contributed by atoms with Gasteiger partial charge in [-0.2, -0.15) is 0 Å². The molecule has 0 atom stereocenters. The van der Waals surface area contributed by atoms with Gasteiger partial charge in [-0.05, 0) is 61.3 Å². The molecular weight excluding hydrogens is 486 g/mol. The fourth-order valence-corrected chi connectivity index (χ4v) is 6.81. The standard InChI is InChI=1S/C25H27N3O3S3/c1-2-15-9-11-16(12-10-15)14-19-24(31)28(25(32)34-19)13-5-8-20(29)27-23-21(22(26)30)17-6-3-4-7-18(17)33-23/h9-12,14H,2-8,13H2,1H3,(H2,26,30)(H,27,29). The monoisotopic (exact) mass is 513 g/mol. The second kappa shape index (κ2) is 10.8. The van der Waals surface area contributed by atoms with Crippen LogP contribution in [0.4, 0.5) is 5.00 Å². The van der Waals surface area contributed by atoms with Gasteiger partial charge < -0.3 is 11.1 Å². The number of nitrogens with two attached hydrogens (primary N) is 1. The molecule has 1 aromatic carbocycles. The topological polar surface area (TPSA) is 92.5 Å². The third-order valence-corrected chi connectivity index (χ3v) is 8.60. The molecule has 2 aliphatic rings. The van der Waals surface area contributed by atoms with Gasteiger partial charge in [0.1, 0.15) is 9.32 Å². The van der Waals surface area contributed by atoms with Crippen LogP contribution in [-0.4, -0.2) is 33.5 Å². The molecule has 0 spiro atoms. The predicted octanol–water partition coefficient (Wildman–Crippen LogP) is 4.91. The van der Waals surface area contributed by atoms with E-state index in [4.69, 9.17) is 18.0 Å². The Morgan fingerprint density at radius 3 is 2.65 bits per heavy atom. The molecule has 6 nitrogen and oxygen atoms in total. The largest absolute Gasteiger partial charge is 0.365 e. The number of hydrogen-bond donors (Lipinski definition) is 2. The van der Waals surface area contributed by atoms with Crippen LogP contribution in [0.15, 0.2) is 29.2 Å². The maximum atomic E-state index is 12.8. The van der Waals surface area contributed by atoms with Gasteiger partial charge in [-0.25, -0.2) is 0 Å². The molecule has 1 aliphatic heterocycles. The predicted molar refractivity (Wildman–Crippen MR) is 143 cm³/mol. The highest BCUT2D eigenvalue weighted by Gasteiger charge is 2.32. The summed E-state index contributed by atoms with van der Waals surface area (Å²) in [4.78, 5) is 40.7. The van der Waals surface area contributed by atoms with Crippen LogP contribution in [0.2, 0.25) is 0 Å². The van der Waals surface area contributed by atoms with Crippen molar-refractivity contribution in [2.24, 2.45) is 5.73 Å². The second-order valence-corrected chi connectivity index (χ2v) is 11.1. The van der Waals surface area contributed by atoms with Gasteiger partial charge in [-0.3, -0.25) is 19.3 Å². The zero-order valence-corrected chi connectivity index (χ0v) is 21.5. The van der Waals surface area contributed by atoms with Crippen LogP contribution in [0.25, 0.3) is 6.08 Å². The zero-order valence-electron chi connectivity index (χ0n) is 19.0. The number of carbonyl (C=O) groups excluding carboxylic acids is 3. The van der Waals surface area contributed by atoms with Crippen molar-refractivity contribution in [1.29, 1.82) is 0 Å². The molecule has 3 N–H and O–H groups in total. The molecule has 1 saturated heterocycles. The fraction of sp³-hybridized carbons (Fsp3) is 0.360. The number of fused-ring (bicyclic) bond motifs is 1. The summed E-state index contributed by atoms with van der Waals surface area (Å²) in [5, 5.41) is 3.42. The van der Waals surface area contributed by atoms with E-state index in [0.717, 1.165) is 48.1 Å². The molecule has 34 heavy (non-hydrogen) atoms. The van der Waals surface area contributed by atoms with Crippen LogP contribution in [0.5, 0.6) is 0 Å². The number of anilines is 1. The Balaban J connectivity index is 1.33. The number of amides is 3. The van der Waals surface area contributed by atoms with Gasteiger partial charge in [0.15, 0.2) is 0 Å². The molecule has 9 heteroatoms. The van der Waals surface area contributed by atoms with Crippen LogP contribution in [0.1, 0.15) is 64.5 Å². The minimum atomic E-state index is -0.497. The van der Waals surface area contributed by atoms with Gasteiger partial charge in [0.25, 0.3) is 11.8 Å². The van der Waals surface area contributed by atoms with Crippen LogP contribution in [-0.2, 0) is 28.9 Å². The average molecular weight is 514 g/mol. The molecule has 3 amide bonds. The molecule has 0 radical (unpaired) electrons. The molecule has 4 rings (SSSR count). The van der Waals surface area contributed by atoms with Crippen LogP contribution >= 0.6 is 35.3 Å². The minimum Gasteiger partial charge on any atom is -0.365 e. The van der Waals surface area contributed by atoms with Crippen molar-refractivity contribution in [3.8, 4) is 0 Å². The Kier molecular flexibility index (Phi) is 7.85. The number of nitrogens with one attached hydrogen (secondary N) is 1. The molecule has 0 bridgehead atoms. The van der Waals surface area contributed by atoms with Crippen LogP contribution in [0.3, 0.4) is 0 Å². The molecule has 0 unspecified atom stereocenters. The molecule has 2 aromatic rings. The van der Waals surface area contributed by atoms with Crippen molar-refractivity contribution >= 4 is 68.4 Å². The Labute approximate surface area is 213 Å². The maximum absolute atomic E-state index is 12.8. The summed E-state index contributed by atoms with van der Waals surface area (Å²) in [6.07, 6.45) is 7.36. The lowest BCUT2D eigenvalue weighted by Crippen LogP contribution is -2.29. The Bertz CT molecular complexity index is 1170. The quantitative estimate of drug-likeness (QED) is 0.387. The number of benzene rings is 1. The molecule has 1 fully saturated rings. The van der Waals surface area contributed by atoms with Crippen molar-refractivity contribution < 1.29 is 14.4 Å². The van der Waals surface area contributed by atoms with E-state index in [9.17, 15) is 14.4 Å². The molecular formula is C25H27N3O3S3. The summed E-state index contributed by atoms with van der Waals surface area (Å²) in [6.45, 7) is 2.47. The molecule has 0 saturated carbocycles.